The van der Waals surface area contributed by atoms with E-state index in [9.17, 15) is 19.8 Å². The Morgan fingerprint density at radius 2 is 1.05 bits per heavy atom. The van der Waals surface area contributed by atoms with Gasteiger partial charge >= 0.3 is 78.6 Å². The number of nitrogens with two attached hydrogens (primary N) is 2. The van der Waals surface area contributed by atoms with Gasteiger partial charge in [-0.15, -0.1) is 10.5 Å². The van der Waals surface area contributed by atoms with Crippen molar-refractivity contribution in [2.45, 2.75) is 36.4 Å². The van der Waals surface area contributed by atoms with Gasteiger partial charge in [0.15, 0.2) is 0 Å². The molecule has 0 aromatic carbocycles. The molecule has 0 fully saturated rings. The second kappa shape index (κ2) is 18.2. The summed E-state index contributed by atoms with van der Waals surface area (Å²) in [6.45, 7) is 3.10. The quantitative estimate of drug-likeness (QED) is 0.364. The number of aliphatic carboxylic acids is 2. The molecule has 0 spiro atoms. The van der Waals surface area contributed by atoms with Crippen LogP contribution in [0.15, 0.2) is 0 Å². The second-order valence-electron chi connectivity index (χ2n) is 3.10. The molecule has 2 unspecified atom stereocenters. The Morgan fingerprint density at radius 3 is 1.05 bits per heavy atom. The van der Waals surface area contributed by atoms with Crippen molar-refractivity contribution in [1.82, 2.24) is 0 Å². The van der Waals surface area contributed by atoms with Crippen molar-refractivity contribution in [3.05, 3.63) is 0 Å². The van der Waals surface area contributed by atoms with Crippen LogP contribution in [-0.4, -0.2) is 34.5 Å². The Kier molecular flexibility index (Phi) is 31.6. The van der Waals surface area contributed by atoms with Crippen molar-refractivity contribution in [2.24, 2.45) is 11.5 Å². The average molecular weight is 378 g/mol. The maximum atomic E-state index is 9.84. The van der Waals surface area contributed by atoms with Crippen molar-refractivity contribution in [1.29, 1.82) is 0 Å². The Labute approximate surface area is 181 Å². The minimum absolute atomic E-state index is 0. The van der Waals surface area contributed by atoms with Crippen LogP contribution in [0, 0.1) is 0 Å². The molecule has 0 heterocycles. The normalized spacial score (nSPS) is 14.6. The van der Waals surface area contributed by atoms with Crippen LogP contribution in [0.4, 0.5) is 0 Å². The fraction of sp³-hybridized carbons (Fsp3) is 0.750. The molecule has 4 N–H and O–H groups in total. The molecular formula is C8H14N2Na2O4S2Zn. The van der Waals surface area contributed by atoms with Gasteiger partial charge in [0, 0.05) is 12.1 Å². The van der Waals surface area contributed by atoms with Gasteiger partial charge in [-0.05, 0) is 0 Å². The number of rotatable bonds is 4. The zero-order chi connectivity index (χ0) is 13.5. The average Bonchev–Trinajstić information content (AvgIpc) is 2.15. The summed E-state index contributed by atoms with van der Waals surface area (Å²) in [5, 5.41) is 18.8. The van der Waals surface area contributed by atoms with Gasteiger partial charge in [0.25, 0.3) is 0 Å². The van der Waals surface area contributed by atoms with E-state index in [-0.39, 0.29) is 78.6 Å². The molecule has 19 heavy (non-hydrogen) atoms. The Morgan fingerprint density at radius 1 is 0.895 bits per heavy atom. The van der Waals surface area contributed by atoms with E-state index in [1.165, 1.54) is 0 Å². The summed E-state index contributed by atoms with van der Waals surface area (Å²) in [7, 11) is 0. The van der Waals surface area contributed by atoms with Crippen molar-refractivity contribution < 1.29 is 98.4 Å². The van der Waals surface area contributed by atoms with E-state index < -0.39 is 34.5 Å². The predicted molar refractivity (Wildman–Crippen MR) is 59.6 cm³/mol. The molecule has 0 saturated carbocycles. The SMILES string of the molecule is CC([S-])[C@H](N)C(=O)[O-].CC([S-])[C@H](N)C(=O)[O-].[Na+].[Na+].[Zn+2]. The monoisotopic (exact) mass is 376 g/mol. The van der Waals surface area contributed by atoms with Crippen LogP contribution >= 0.6 is 0 Å². The first kappa shape index (κ1) is 32.9. The number of carboxylic acid groups (broad SMARTS) is 2. The van der Waals surface area contributed by atoms with Crippen LogP contribution in [0.5, 0.6) is 0 Å². The zero-order valence-electron chi connectivity index (χ0n) is 11.6. The zero-order valence-corrected chi connectivity index (χ0v) is 20.2. The summed E-state index contributed by atoms with van der Waals surface area (Å²) in [5.74, 6) is -2.57. The van der Waals surface area contributed by atoms with Crippen molar-refractivity contribution in [2.75, 3.05) is 0 Å². The van der Waals surface area contributed by atoms with E-state index >= 15 is 0 Å². The Bertz CT molecular complexity index is 227. The van der Waals surface area contributed by atoms with Crippen LogP contribution in [0.25, 0.3) is 0 Å². The Balaban J connectivity index is -0.0000000594. The van der Waals surface area contributed by atoms with Gasteiger partial charge in [-0.1, -0.05) is 13.8 Å². The second-order valence-corrected chi connectivity index (χ2v) is 4.59. The standard InChI is InChI=1S/2C4H9NO2S.2Na.Zn/c2*1-2(8)3(5)4(6)7;;;/h2*2-3,8H,5H2,1H3,(H,6,7);;;/q;;2*+1;+2/p-4/t2*2?,3-;;;/m00.../s1. The molecule has 6 nitrogen and oxygen atoms in total. The third-order valence-electron chi connectivity index (χ3n) is 1.56. The molecule has 0 aliphatic rings. The minimum atomic E-state index is -1.28. The van der Waals surface area contributed by atoms with E-state index in [0.717, 1.165) is 0 Å². The van der Waals surface area contributed by atoms with Crippen molar-refractivity contribution in [3.63, 3.8) is 0 Å². The summed E-state index contributed by atoms with van der Waals surface area (Å²) in [4.78, 5) is 19.7. The summed E-state index contributed by atoms with van der Waals surface area (Å²) >= 11 is 9.06. The van der Waals surface area contributed by atoms with Crippen LogP contribution in [0.2, 0.25) is 0 Å². The molecule has 0 aromatic heterocycles. The predicted octanol–water partition coefficient (Wildman–Crippen LogP) is -10.00. The molecule has 0 rings (SSSR count). The smallest absolute Gasteiger partial charge is 0.788 e. The molecule has 96 valence electrons. The summed E-state index contributed by atoms with van der Waals surface area (Å²) < 4.78 is 0. The van der Waals surface area contributed by atoms with Gasteiger partial charge in [0.05, 0.1) is 11.9 Å². The molecule has 0 aliphatic heterocycles. The number of hydrogen-bond acceptors (Lipinski definition) is 8. The minimum Gasteiger partial charge on any atom is -0.788 e. The van der Waals surface area contributed by atoms with Crippen molar-refractivity contribution >= 4 is 37.2 Å². The van der Waals surface area contributed by atoms with Crippen LogP contribution in [0.3, 0.4) is 0 Å². The molecule has 0 amide bonds. The van der Waals surface area contributed by atoms with E-state index in [1.54, 1.807) is 13.8 Å². The van der Waals surface area contributed by atoms with Gasteiger partial charge in [0.1, 0.15) is 0 Å². The van der Waals surface area contributed by atoms with Crippen LogP contribution in [-0.2, 0) is 54.3 Å². The number of carbonyl (C=O) groups is 2. The maximum Gasteiger partial charge on any atom is 2.00 e. The summed E-state index contributed by atoms with van der Waals surface area (Å²) in [5.41, 5.74) is 9.99. The molecular weight excluding hydrogens is 364 g/mol. The maximum absolute atomic E-state index is 9.84. The number of hydrogen-bond donors (Lipinski definition) is 2. The molecule has 4 atom stereocenters. The third-order valence-corrected chi connectivity index (χ3v) is 2.14. The molecule has 0 bridgehead atoms. The van der Waals surface area contributed by atoms with Gasteiger partial charge in [-0.2, -0.15) is 0 Å². The van der Waals surface area contributed by atoms with Gasteiger partial charge in [-0.3, -0.25) is 0 Å². The van der Waals surface area contributed by atoms with Crippen LogP contribution < -0.4 is 80.8 Å². The topological polar surface area (TPSA) is 132 Å². The van der Waals surface area contributed by atoms with Gasteiger partial charge < -0.3 is 56.5 Å². The molecule has 0 radical (unpaired) electrons. The summed E-state index contributed by atoms with van der Waals surface area (Å²) in [6.07, 6.45) is 0. The molecule has 11 heteroatoms. The largest absolute Gasteiger partial charge is 2.00 e. The molecule has 0 aliphatic carbocycles. The van der Waals surface area contributed by atoms with E-state index in [1.807, 2.05) is 0 Å². The third kappa shape index (κ3) is 20.2. The van der Waals surface area contributed by atoms with Crippen LogP contribution in [0.1, 0.15) is 13.8 Å². The molecule has 0 aromatic rings. The van der Waals surface area contributed by atoms with E-state index in [4.69, 9.17) is 11.5 Å². The summed E-state index contributed by atoms with van der Waals surface area (Å²) in [6, 6.07) is -2.02. The van der Waals surface area contributed by atoms with E-state index in [2.05, 4.69) is 25.3 Å². The first-order valence-electron chi connectivity index (χ1n) is 4.35. The Hall–Kier alpha value is 2.18. The first-order valence-corrected chi connectivity index (χ1v) is 5.30. The number of carboxylic acids is 2. The van der Waals surface area contributed by atoms with Gasteiger partial charge in [0.2, 0.25) is 0 Å². The van der Waals surface area contributed by atoms with Gasteiger partial charge in [-0.25, -0.2) is 0 Å². The fourth-order valence-electron chi connectivity index (χ4n) is 0.383. The van der Waals surface area contributed by atoms with E-state index in [0.29, 0.717) is 0 Å². The van der Waals surface area contributed by atoms with Crippen molar-refractivity contribution in [3.8, 4) is 0 Å². The molecule has 0 saturated heterocycles. The fourth-order valence-corrected chi connectivity index (χ4v) is 0.605. The number of carbonyl (C=O) groups excluding carboxylic acids is 2. The first-order chi connectivity index (χ1) is 7.11.